The molecule has 1 amide bonds. The van der Waals surface area contributed by atoms with Crippen LogP contribution in [0.25, 0.3) is 0 Å². The normalized spacial score (nSPS) is 10.5. The number of nitrogens with one attached hydrogen (secondary N) is 1. The van der Waals surface area contributed by atoms with Crippen molar-refractivity contribution in [3.8, 4) is 23.3 Å². The number of alkyl halides is 3. The van der Waals surface area contributed by atoms with Crippen LogP contribution in [0, 0.1) is 17.7 Å². The molecule has 0 atom stereocenters. The van der Waals surface area contributed by atoms with E-state index in [1.165, 1.54) is 30.3 Å². The summed E-state index contributed by atoms with van der Waals surface area (Å²) in [5.74, 6) is 4.09. The lowest BCUT2D eigenvalue weighted by Gasteiger charge is -2.08. The Morgan fingerprint density at radius 2 is 1.81 bits per heavy atom. The Morgan fingerprint density at radius 1 is 1.04 bits per heavy atom. The highest BCUT2D eigenvalue weighted by Gasteiger charge is 2.30. The monoisotopic (exact) mass is 381 g/mol. The van der Waals surface area contributed by atoms with Crippen LogP contribution in [0.3, 0.4) is 0 Å². The molecule has 1 N–H and O–H groups in total. The van der Waals surface area contributed by atoms with E-state index in [1.54, 1.807) is 6.07 Å². The lowest BCUT2D eigenvalue weighted by molar-refractivity contribution is -0.137. The zero-order chi connectivity index (χ0) is 19.7. The topological polar surface area (TPSA) is 47.6 Å². The Kier molecular flexibility index (Phi) is 7.06. The van der Waals surface area contributed by atoms with Crippen molar-refractivity contribution in [1.82, 2.24) is 5.32 Å². The standard InChI is InChI=1S/C19H15F4NO3/c20-16-8-1-2-9-17(16)27-13-18(25)24-10-3-4-11-26-15-7-5-6-14(12-15)19(21,22)23/h1-2,5-9,12H,10-11,13H2,(H,24,25). The van der Waals surface area contributed by atoms with Gasteiger partial charge in [-0.3, -0.25) is 4.79 Å². The molecule has 2 rings (SSSR count). The number of amides is 1. The minimum Gasteiger partial charge on any atom is -0.481 e. The van der Waals surface area contributed by atoms with Gasteiger partial charge in [-0.25, -0.2) is 4.39 Å². The van der Waals surface area contributed by atoms with Gasteiger partial charge in [-0.2, -0.15) is 13.2 Å². The number of hydrogen-bond donors (Lipinski definition) is 1. The summed E-state index contributed by atoms with van der Waals surface area (Å²) in [4.78, 5) is 11.5. The second-order valence-corrected chi connectivity index (χ2v) is 5.16. The third-order valence-corrected chi connectivity index (χ3v) is 3.17. The first-order valence-corrected chi connectivity index (χ1v) is 7.76. The second-order valence-electron chi connectivity index (χ2n) is 5.16. The van der Waals surface area contributed by atoms with Crippen LogP contribution in [0.2, 0.25) is 0 Å². The van der Waals surface area contributed by atoms with E-state index in [1.807, 2.05) is 0 Å². The molecule has 0 bridgehead atoms. The third kappa shape index (κ3) is 6.90. The number of rotatable bonds is 6. The molecular weight excluding hydrogens is 366 g/mol. The number of benzene rings is 2. The summed E-state index contributed by atoms with van der Waals surface area (Å²) in [5.41, 5.74) is -0.810. The first-order valence-electron chi connectivity index (χ1n) is 7.76. The lowest BCUT2D eigenvalue weighted by atomic mass is 10.2. The van der Waals surface area contributed by atoms with Crippen molar-refractivity contribution >= 4 is 5.91 Å². The van der Waals surface area contributed by atoms with Gasteiger partial charge in [0.1, 0.15) is 12.4 Å². The predicted molar refractivity (Wildman–Crippen MR) is 89.6 cm³/mol. The molecule has 0 aliphatic heterocycles. The zero-order valence-corrected chi connectivity index (χ0v) is 14.0. The van der Waals surface area contributed by atoms with Crippen LogP contribution < -0.4 is 14.8 Å². The van der Waals surface area contributed by atoms with Gasteiger partial charge >= 0.3 is 6.18 Å². The highest BCUT2D eigenvalue weighted by Crippen LogP contribution is 2.31. The van der Waals surface area contributed by atoms with E-state index in [2.05, 4.69) is 17.2 Å². The molecule has 0 aromatic heterocycles. The van der Waals surface area contributed by atoms with E-state index in [4.69, 9.17) is 9.47 Å². The van der Waals surface area contributed by atoms with Gasteiger partial charge in [-0.15, -0.1) is 0 Å². The van der Waals surface area contributed by atoms with Crippen LogP contribution >= 0.6 is 0 Å². The quantitative estimate of drug-likeness (QED) is 0.616. The van der Waals surface area contributed by atoms with Crippen LogP contribution in [0.4, 0.5) is 17.6 Å². The molecule has 0 saturated heterocycles. The molecule has 2 aromatic rings. The first-order chi connectivity index (χ1) is 12.9. The Balaban J connectivity index is 1.69. The van der Waals surface area contributed by atoms with Crippen LogP contribution in [-0.4, -0.2) is 25.7 Å². The van der Waals surface area contributed by atoms with Crippen LogP contribution in [0.1, 0.15) is 5.56 Å². The molecule has 4 nitrogen and oxygen atoms in total. The molecule has 0 radical (unpaired) electrons. The minimum atomic E-state index is -4.44. The lowest BCUT2D eigenvalue weighted by Crippen LogP contribution is -2.29. The first kappa shape index (κ1) is 20.1. The summed E-state index contributed by atoms with van der Waals surface area (Å²) in [6.07, 6.45) is -4.44. The number of carbonyl (C=O) groups excluding carboxylic acids is 1. The number of ether oxygens (including phenoxy) is 2. The molecule has 0 spiro atoms. The molecule has 2 aromatic carbocycles. The summed E-state index contributed by atoms with van der Waals surface area (Å²) in [7, 11) is 0. The largest absolute Gasteiger partial charge is 0.481 e. The van der Waals surface area contributed by atoms with Crippen molar-refractivity contribution in [1.29, 1.82) is 0 Å². The van der Waals surface area contributed by atoms with Crippen molar-refractivity contribution in [3.63, 3.8) is 0 Å². The fourth-order valence-electron chi connectivity index (χ4n) is 1.89. The Hall–Kier alpha value is -3.21. The van der Waals surface area contributed by atoms with Crippen molar-refractivity contribution in [3.05, 3.63) is 59.9 Å². The van der Waals surface area contributed by atoms with Gasteiger partial charge in [0.2, 0.25) is 0 Å². The van der Waals surface area contributed by atoms with E-state index in [9.17, 15) is 22.4 Å². The summed E-state index contributed by atoms with van der Waals surface area (Å²) in [6.45, 7) is -0.516. The van der Waals surface area contributed by atoms with Gasteiger partial charge in [-0.1, -0.05) is 30.0 Å². The molecule has 0 unspecified atom stereocenters. The van der Waals surface area contributed by atoms with Gasteiger partial charge in [0.05, 0.1) is 12.1 Å². The molecule has 0 heterocycles. The fourth-order valence-corrected chi connectivity index (χ4v) is 1.89. The third-order valence-electron chi connectivity index (χ3n) is 3.17. The molecule has 142 valence electrons. The Bertz CT molecular complexity index is 841. The van der Waals surface area contributed by atoms with Gasteiger partial charge < -0.3 is 14.8 Å². The molecule has 27 heavy (non-hydrogen) atoms. The number of halogens is 4. The highest BCUT2D eigenvalue weighted by molar-refractivity contribution is 5.77. The van der Waals surface area contributed by atoms with E-state index in [-0.39, 0.29) is 31.3 Å². The van der Waals surface area contributed by atoms with Crippen molar-refractivity contribution in [2.75, 3.05) is 19.8 Å². The van der Waals surface area contributed by atoms with Crippen molar-refractivity contribution in [2.45, 2.75) is 6.18 Å². The molecule has 0 saturated carbocycles. The summed E-state index contributed by atoms with van der Waals surface area (Å²) in [6, 6.07) is 10.1. The summed E-state index contributed by atoms with van der Waals surface area (Å²) in [5, 5.41) is 2.44. The second kappa shape index (κ2) is 9.48. The maximum Gasteiger partial charge on any atom is 0.416 e. The van der Waals surface area contributed by atoms with E-state index >= 15 is 0 Å². The van der Waals surface area contributed by atoms with Gasteiger partial charge in [0.25, 0.3) is 5.91 Å². The van der Waals surface area contributed by atoms with E-state index in [0.29, 0.717) is 0 Å². The highest BCUT2D eigenvalue weighted by atomic mass is 19.4. The number of hydrogen-bond acceptors (Lipinski definition) is 3. The molecule has 0 aliphatic carbocycles. The van der Waals surface area contributed by atoms with Gasteiger partial charge in [-0.05, 0) is 30.3 Å². The summed E-state index contributed by atoms with van der Waals surface area (Å²) >= 11 is 0. The summed E-state index contributed by atoms with van der Waals surface area (Å²) < 4.78 is 61.2. The Labute approximate surface area is 153 Å². The van der Waals surface area contributed by atoms with Gasteiger partial charge in [0.15, 0.2) is 18.2 Å². The maximum absolute atomic E-state index is 13.3. The molecule has 0 aliphatic rings. The molecule has 0 fully saturated rings. The number of carbonyl (C=O) groups is 1. The van der Waals surface area contributed by atoms with Crippen LogP contribution in [0.5, 0.6) is 11.5 Å². The van der Waals surface area contributed by atoms with E-state index < -0.39 is 23.5 Å². The Morgan fingerprint density at radius 3 is 2.56 bits per heavy atom. The number of para-hydroxylation sites is 1. The van der Waals surface area contributed by atoms with Crippen molar-refractivity contribution in [2.24, 2.45) is 0 Å². The molecule has 8 heteroatoms. The smallest absolute Gasteiger partial charge is 0.416 e. The maximum atomic E-state index is 13.3. The van der Waals surface area contributed by atoms with Crippen LogP contribution in [0.15, 0.2) is 48.5 Å². The average Bonchev–Trinajstić information content (AvgIpc) is 2.63. The van der Waals surface area contributed by atoms with E-state index in [0.717, 1.165) is 12.1 Å². The fraction of sp³-hybridized carbons (Fsp3) is 0.211. The average molecular weight is 381 g/mol. The predicted octanol–water partition coefficient (Wildman–Crippen LogP) is 3.42. The molecular formula is C19H15F4NO3. The minimum absolute atomic E-state index is 0.00852. The zero-order valence-electron chi connectivity index (χ0n) is 14.0. The SMILES string of the molecule is O=C(COc1ccccc1F)NCC#CCOc1cccc(C(F)(F)F)c1. The van der Waals surface area contributed by atoms with Crippen LogP contribution in [-0.2, 0) is 11.0 Å². The van der Waals surface area contributed by atoms with Crippen molar-refractivity contribution < 1.29 is 31.8 Å². The van der Waals surface area contributed by atoms with Gasteiger partial charge in [0, 0.05) is 0 Å².